The van der Waals surface area contributed by atoms with Crippen molar-refractivity contribution < 1.29 is 19.0 Å². The third-order valence-electron chi connectivity index (χ3n) is 6.01. The molecule has 1 aliphatic heterocycles. The van der Waals surface area contributed by atoms with Gasteiger partial charge in [-0.05, 0) is 56.7 Å². The number of benzene rings is 1. The third kappa shape index (κ3) is 2.09. The minimum Gasteiger partial charge on any atom is -0.455 e. The number of esters is 1. The van der Waals surface area contributed by atoms with Gasteiger partial charge < -0.3 is 14.2 Å². The van der Waals surface area contributed by atoms with Crippen LogP contribution in [0.2, 0.25) is 0 Å². The largest absolute Gasteiger partial charge is 0.455 e. The number of rotatable bonds is 2. The molecule has 2 bridgehead atoms. The van der Waals surface area contributed by atoms with E-state index in [0.29, 0.717) is 23.3 Å². The Balaban J connectivity index is 1.32. The summed E-state index contributed by atoms with van der Waals surface area (Å²) in [5.74, 6) is 0.728. The second-order valence-electron chi connectivity index (χ2n) is 7.89. The number of ether oxygens (including phenoxy) is 3. The van der Waals surface area contributed by atoms with E-state index in [9.17, 15) is 4.79 Å². The standard InChI is InChI=1S/C20H22O4/c1-20(2)23-17-15-10-16(18(17)24-20)14-9-12(8-13(14)15)22-19(21)11-6-4-3-5-7-11/h3-8,12,14-18H,9-10H2,1-2H3/t12-,14+,15+,16-,17+,18-/m1/s1. The predicted molar refractivity (Wildman–Crippen MR) is 87.3 cm³/mol. The Hall–Kier alpha value is -1.65. The van der Waals surface area contributed by atoms with Gasteiger partial charge in [-0.25, -0.2) is 4.79 Å². The third-order valence-corrected chi connectivity index (χ3v) is 6.01. The first-order valence-corrected chi connectivity index (χ1v) is 8.85. The molecule has 24 heavy (non-hydrogen) atoms. The fourth-order valence-corrected chi connectivity index (χ4v) is 5.22. The van der Waals surface area contributed by atoms with Gasteiger partial charge in [-0.15, -0.1) is 0 Å². The molecule has 1 aromatic carbocycles. The van der Waals surface area contributed by atoms with Gasteiger partial charge in [-0.2, -0.15) is 0 Å². The Morgan fingerprint density at radius 2 is 1.83 bits per heavy atom. The molecule has 3 aliphatic carbocycles. The van der Waals surface area contributed by atoms with Crippen LogP contribution < -0.4 is 0 Å². The molecule has 0 unspecified atom stereocenters. The number of carbonyl (C=O) groups is 1. The van der Waals surface area contributed by atoms with Crippen LogP contribution in [0.5, 0.6) is 0 Å². The van der Waals surface area contributed by atoms with Gasteiger partial charge in [0.15, 0.2) is 5.79 Å². The summed E-state index contributed by atoms with van der Waals surface area (Å²) in [6.45, 7) is 4.00. The molecule has 0 spiro atoms. The summed E-state index contributed by atoms with van der Waals surface area (Å²) >= 11 is 0. The molecule has 1 aromatic rings. The lowest BCUT2D eigenvalue weighted by atomic mass is 9.82. The fraction of sp³-hybridized carbons (Fsp3) is 0.550. The van der Waals surface area contributed by atoms with Gasteiger partial charge in [-0.3, -0.25) is 0 Å². The maximum absolute atomic E-state index is 12.3. The molecule has 3 fully saturated rings. The van der Waals surface area contributed by atoms with E-state index in [2.05, 4.69) is 6.08 Å². The topological polar surface area (TPSA) is 44.8 Å². The maximum atomic E-state index is 12.3. The lowest BCUT2D eigenvalue weighted by Gasteiger charge is -2.28. The van der Waals surface area contributed by atoms with Gasteiger partial charge in [0.05, 0.1) is 17.8 Å². The first-order valence-electron chi connectivity index (χ1n) is 8.85. The van der Waals surface area contributed by atoms with Crippen molar-refractivity contribution in [3.05, 3.63) is 47.5 Å². The van der Waals surface area contributed by atoms with Gasteiger partial charge in [0.1, 0.15) is 6.10 Å². The maximum Gasteiger partial charge on any atom is 0.338 e. The number of hydrogen-bond acceptors (Lipinski definition) is 4. The summed E-state index contributed by atoms with van der Waals surface area (Å²) in [5.41, 5.74) is 2.05. The minimum absolute atomic E-state index is 0.116. The lowest BCUT2D eigenvalue weighted by molar-refractivity contribution is -0.157. The van der Waals surface area contributed by atoms with E-state index in [1.807, 2.05) is 32.0 Å². The zero-order valence-corrected chi connectivity index (χ0v) is 14.0. The highest BCUT2D eigenvalue weighted by atomic mass is 16.8. The second kappa shape index (κ2) is 4.93. The SMILES string of the molecule is CC1(C)O[C@@H]2[C@@H]3C[C@@H](C4=C[C@@H](OC(=O)c5ccccc5)C[C@@H]43)[C@@H]2O1. The van der Waals surface area contributed by atoms with Crippen LogP contribution in [0.1, 0.15) is 37.0 Å². The molecule has 1 saturated heterocycles. The van der Waals surface area contributed by atoms with Crippen molar-refractivity contribution in [2.45, 2.75) is 50.8 Å². The normalized spacial score (nSPS) is 41.0. The molecule has 5 rings (SSSR count). The van der Waals surface area contributed by atoms with Gasteiger partial charge in [0.25, 0.3) is 0 Å². The molecule has 0 N–H and O–H groups in total. The van der Waals surface area contributed by atoms with E-state index in [4.69, 9.17) is 14.2 Å². The Kier molecular flexibility index (Phi) is 3.01. The summed E-state index contributed by atoms with van der Waals surface area (Å²) < 4.78 is 18.0. The zero-order valence-electron chi connectivity index (χ0n) is 14.0. The van der Waals surface area contributed by atoms with Crippen LogP contribution in [0.3, 0.4) is 0 Å². The van der Waals surface area contributed by atoms with Gasteiger partial charge in [0.2, 0.25) is 0 Å². The number of hydrogen-bond donors (Lipinski definition) is 0. The molecule has 0 radical (unpaired) electrons. The van der Waals surface area contributed by atoms with Crippen LogP contribution in [0.25, 0.3) is 0 Å². The summed E-state index contributed by atoms with van der Waals surface area (Å²) in [4.78, 5) is 12.3. The molecule has 0 aromatic heterocycles. The number of carbonyl (C=O) groups excluding carboxylic acids is 1. The first-order chi connectivity index (χ1) is 11.5. The second-order valence-corrected chi connectivity index (χ2v) is 7.89. The van der Waals surface area contributed by atoms with Crippen molar-refractivity contribution in [1.29, 1.82) is 0 Å². The molecule has 2 saturated carbocycles. The van der Waals surface area contributed by atoms with E-state index in [0.717, 1.165) is 12.8 Å². The predicted octanol–water partition coefficient (Wildman–Crippen LogP) is 3.33. The van der Waals surface area contributed by atoms with Crippen LogP contribution in [0.4, 0.5) is 0 Å². The van der Waals surface area contributed by atoms with Crippen molar-refractivity contribution >= 4 is 5.97 Å². The smallest absolute Gasteiger partial charge is 0.338 e. The van der Waals surface area contributed by atoms with Crippen molar-refractivity contribution in [2.24, 2.45) is 17.8 Å². The molecular formula is C20H22O4. The monoisotopic (exact) mass is 326 g/mol. The molecule has 126 valence electrons. The van der Waals surface area contributed by atoms with Crippen molar-refractivity contribution in [1.82, 2.24) is 0 Å². The molecule has 4 aliphatic rings. The lowest BCUT2D eigenvalue weighted by Crippen LogP contribution is -2.35. The Labute approximate surface area is 141 Å². The van der Waals surface area contributed by atoms with Crippen molar-refractivity contribution in [2.75, 3.05) is 0 Å². The molecule has 4 nitrogen and oxygen atoms in total. The summed E-state index contributed by atoms with van der Waals surface area (Å²) in [6.07, 6.45) is 4.49. The average molecular weight is 326 g/mol. The van der Waals surface area contributed by atoms with E-state index in [1.165, 1.54) is 5.57 Å². The molecule has 0 amide bonds. The quantitative estimate of drug-likeness (QED) is 0.618. The van der Waals surface area contributed by atoms with Crippen LogP contribution in [0.15, 0.2) is 42.0 Å². The first kappa shape index (κ1) is 14.7. The Bertz CT molecular complexity index is 708. The van der Waals surface area contributed by atoms with Crippen LogP contribution in [-0.4, -0.2) is 30.1 Å². The molecular weight excluding hydrogens is 304 g/mol. The van der Waals surface area contributed by atoms with Crippen LogP contribution >= 0.6 is 0 Å². The number of fused-ring (bicyclic) bond motifs is 8. The average Bonchev–Trinajstić information content (AvgIpc) is 3.24. The van der Waals surface area contributed by atoms with Gasteiger partial charge in [0, 0.05) is 5.92 Å². The summed E-state index contributed by atoms with van der Waals surface area (Å²) in [7, 11) is 0. The summed E-state index contributed by atoms with van der Waals surface area (Å²) in [6, 6.07) is 9.20. The zero-order chi connectivity index (χ0) is 16.5. The minimum atomic E-state index is -0.468. The molecule has 4 heteroatoms. The van der Waals surface area contributed by atoms with Crippen LogP contribution in [0, 0.1) is 17.8 Å². The molecule has 6 atom stereocenters. The van der Waals surface area contributed by atoms with E-state index < -0.39 is 5.79 Å². The highest BCUT2D eigenvalue weighted by Gasteiger charge is 2.63. The summed E-state index contributed by atoms with van der Waals surface area (Å²) in [5, 5.41) is 0. The Morgan fingerprint density at radius 3 is 2.62 bits per heavy atom. The highest BCUT2D eigenvalue weighted by Crippen LogP contribution is 2.61. The van der Waals surface area contributed by atoms with Gasteiger partial charge in [-0.1, -0.05) is 23.8 Å². The van der Waals surface area contributed by atoms with Crippen molar-refractivity contribution in [3.63, 3.8) is 0 Å². The van der Waals surface area contributed by atoms with E-state index in [1.54, 1.807) is 12.1 Å². The fourth-order valence-electron chi connectivity index (χ4n) is 5.22. The molecule has 1 heterocycles. The Morgan fingerprint density at radius 1 is 1.08 bits per heavy atom. The highest BCUT2D eigenvalue weighted by molar-refractivity contribution is 5.89. The van der Waals surface area contributed by atoms with Crippen LogP contribution in [-0.2, 0) is 14.2 Å². The van der Waals surface area contributed by atoms with Gasteiger partial charge >= 0.3 is 5.97 Å². The van der Waals surface area contributed by atoms with E-state index >= 15 is 0 Å². The van der Waals surface area contributed by atoms with Crippen molar-refractivity contribution in [3.8, 4) is 0 Å². The van der Waals surface area contributed by atoms with E-state index in [-0.39, 0.29) is 24.3 Å².